The van der Waals surface area contributed by atoms with Gasteiger partial charge in [-0.25, -0.2) is 4.79 Å². The van der Waals surface area contributed by atoms with Gasteiger partial charge in [0.25, 0.3) is 5.91 Å². The Bertz CT molecular complexity index is 1190. The van der Waals surface area contributed by atoms with Crippen molar-refractivity contribution in [2.75, 3.05) is 13.1 Å². The predicted octanol–water partition coefficient (Wildman–Crippen LogP) is 3.90. The molecule has 2 aliphatic heterocycles. The summed E-state index contributed by atoms with van der Waals surface area (Å²) in [6.45, 7) is 1.30. The zero-order valence-electron chi connectivity index (χ0n) is 17.5. The van der Waals surface area contributed by atoms with Gasteiger partial charge in [-0.15, -0.1) is 0 Å². The molecule has 3 aromatic rings. The SMILES string of the molecule is Cn1cc(C(=O)N2CCC(N3C(=O)O[C@@H]4Cc5ccccc5[C@@H]43)CC2)c2ccccc21. The molecule has 0 spiro atoms. The van der Waals surface area contributed by atoms with Crippen LogP contribution in [0, 0.1) is 0 Å². The first-order valence-electron chi connectivity index (χ1n) is 11.0. The van der Waals surface area contributed by atoms with Crippen LogP contribution >= 0.6 is 0 Å². The topological polar surface area (TPSA) is 54.8 Å². The number of carbonyl (C=O) groups is 2. The zero-order valence-corrected chi connectivity index (χ0v) is 17.5. The van der Waals surface area contributed by atoms with Crippen molar-refractivity contribution < 1.29 is 14.3 Å². The summed E-state index contributed by atoms with van der Waals surface area (Å²) in [5.74, 6) is 0.0725. The number of fused-ring (bicyclic) bond motifs is 4. The molecule has 0 unspecified atom stereocenters. The number of amides is 2. The van der Waals surface area contributed by atoms with Gasteiger partial charge in [-0.1, -0.05) is 42.5 Å². The number of carbonyl (C=O) groups excluding carboxylic acids is 2. The van der Waals surface area contributed by atoms with Gasteiger partial charge in [0.1, 0.15) is 6.10 Å². The molecule has 6 rings (SSSR count). The normalized spacial score (nSPS) is 23.2. The van der Waals surface area contributed by atoms with Crippen LogP contribution in [0.3, 0.4) is 0 Å². The van der Waals surface area contributed by atoms with E-state index in [9.17, 15) is 9.59 Å². The summed E-state index contributed by atoms with van der Waals surface area (Å²) in [5.41, 5.74) is 4.31. The molecular weight excluding hydrogens is 390 g/mol. The molecule has 3 aliphatic rings. The van der Waals surface area contributed by atoms with E-state index in [1.54, 1.807) is 0 Å². The Morgan fingerprint density at radius 3 is 2.61 bits per heavy atom. The van der Waals surface area contributed by atoms with Crippen LogP contribution in [-0.4, -0.2) is 51.6 Å². The number of aryl methyl sites for hydroxylation is 1. The van der Waals surface area contributed by atoms with Gasteiger partial charge in [0.15, 0.2) is 0 Å². The molecular formula is C25H25N3O3. The predicted molar refractivity (Wildman–Crippen MR) is 117 cm³/mol. The lowest BCUT2D eigenvalue weighted by Crippen LogP contribution is -2.47. The lowest BCUT2D eigenvalue weighted by atomic mass is 9.98. The molecule has 2 amide bonds. The summed E-state index contributed by atoms with van der Waals surface area (Å²) < 4.78 is 7.74. The maximum Gasteiger partial charge on any atom is 0.411 e. The van der Waals surface area contributed by atoms with Crippen LogP contribution in [0.25, 0.3) is 10.9 Å². The number of ether oxygens (including phenoxy) is 1. The molecule has 1 aromatic heterocycles. The standard InChI is InChI=1S/C25H25N3O3/c1-26-15-20(19-8-4-5-9-21(19)26)24(29)27-12-10-17(11-13-27)28-23-18-7-3-2-6-16(18)14-22(23)31-25(28)30/h2-9,15,17,22-23H,10-14H2,1H3/t22-,23+/m1/s1. The lowest BCUT2D eigenvalue weighted by Gasteiger charge is -2.37. The zero-order chi connectivity index (χ0) is 21.1. The van der Waals surface area contributed by atoms with Crippen molar-refractivity contribution >= 4 is 22.9 Å². The van der Waals surface area contributed by atoms with E-state index < -0.39 is 0 Å². The molecule has 0 bridgehead atoms. The minimum absolute atomic E-state index is 0.00835. The maximum absolute atomic E-state index is 13.3. The molecule has 6 nitrogen and oxygen atoms in total. The Kier molecular flexibility index (Phi) is 4.10. The molecule has 0 N–H and O–H groups in total. The van der Waals surface area contributed by atoms with Crippen LogP contribution in [0.4, 0.5) is 4.79 Å². The molecule has 1 aliphatic carbocycles. The molecule has 2 saturated heterocycles. The Morgan fingerprint density at radius 1 is 1.03 bits per heavy atom. The molecule has 2 aromatic carbocycles. The average molecular weight is 415 g/mol. The van der Waals surface area contributed by atoms with Crippen molar-refractivity contribution in [3.8, 4) is 0 Å². The fourth-order valence-corrected chi connectivity index (χ4v) is 5.68. The third kappa shape index (κ3) is 2.77. The van der Waals surface area contributed by atoms with E-state index in [0.717, 1.165) is 35.7 Å². The van der Waals surface area contributed by atoms with Crippen molar-refractivity contribution in [3.05, 3.63) is 71.4 Å². The summed E-state index contributed by atoms with van der Waals surface area (Å²) >= 11 is 0. The summed E-state index contributed by atoms with van der Waals surface area (Å²) in [6.07, 6.45) is 3.98. The minimum atomic E-state index is -0.205. The van der Waals surface area contributed by atoms with Gasteiger partial charge in [-0.2, -0.15) is 0 Å². The second-order valence-corrected chi connectivity index (χ2v) is 8.87. The second-order valence-electron chi connectivity index (χ2n) is 8.87. The number of hydrogen-bond acceptors (Lipinski definition) is 3. The Balaban J connectivity index is 1.20. The second kappa shape index (κ2) is 6.87. The van der Waals surface area contributed by atoms with Crippen LogP contribution in [-0.2, 0) is 18.2 Å². The quantitative estimate of drug-likeness (QED) is 0.638. The molecule has 6 heteroatoms. The number of benzene rings is 2. The van der Waals surface area contributed by atoms with Crippen molar-refractivity contribution in [2.45, 2.75) is 37.5 Å². The van der Waals surface area contributed by atoms with Crippen LogP contribution in [0.5, 0.6) is 0 Å². The van der Waals surface area contributed by atoms with Gasteiger partial charge in [0.05, 0.1) is 11.6 Å². The number of para-hydroxylation sites is 1. The monoisotopic (exact) mass is 415 g/mol. The van der Waals surface area contributed by atoms with E-state index in [1.807, 2.05) is 64.0 Å². The van der Waals surface area contributed by atoms with Gasteiger partial charge >= 0.3 is 6.09 Å². The Hall–Kier alpha value is -3.28. The van der Waals surface area contributed by atoms with Gasteiger partial charge < -0.3 is 14.2 Å². The van der Waals surface area contributed by atoms with Crippen LogP contribution in [0.1, 0.15) is 40.4 Å². The molecule has 2 fully saturated rings. The molecule has 3 heterocycles. The highest BCUT2D eigenvalue weighted by Gasteiger charge is 2.50. The molecule has 0 saturated carbocycles. The lowest BCUT2D eigenvalue weighted by molar-refractivity contribution is 0.0637. The number of piperidine rings is 1. The summed E-state index contributed by atoms with van der Waals surface area (Å²) in [5, 5.41) is 0.991. The fraction of sp³-hybridized carbons (Fsp3) is 0.360. The van der Waals surface area contributed by atoms with Crippen LogP contribution in [0.15, 0.2) is 54.7 Å². The largest absolute Gasteiger partial charge is 0.443 e. The highest BCUT2D eigenvalue weighted by molar-refractivity contribution is 6.07. The van der Waals surface area contributed by atoms with Crippen molar-refractivity contribution in [1.82, 2.24) is 14.4 Å². The molecule has 0 radical (unpaired) electrons. The van der Waals surface area contributed by atoms with E-state index in [1.165, 1.54) is 11.1 Å². The van der Waals surface area contributed by atoms with Crippen molar-refractivity contribution in [2.24, 2.45) is 7.05 Å². The van der Waals surface area contributed by atoms with Crippen LogP contribution in [0.2, 0.25) is 0 Å². The number of aromatic nitrogens is 1. The average Bonchev–Trinajstić information content (AvgIpc) is 3.42. The molecule has 31 heavy (non-hydrogen) atoms. The van der Waals surface area contributed by atoms with E-state index in [4.69, 9.17) is 4.74 Å². The van der Waals surface area contributed by atoms with Crippen molar-refractivity contribution in [1.29, 1.82) is 0 Å². The van der Waals surface area contributed by atoms with E-state index >= 15 is 0 Å². The summed E-state index contributed by atoms with van der Waals surface area (Å²) in [6, 6.07) is 16.4. The van der Waals surface area contributed by atoms with E-state index in [0.29, 0.717) is 13.1 Å². The van der Waals surface area contributed by atoms with Crippen LogP contribution < -0.4 is 0 Å². The van der Waals surface area contributed by atoms with Crippen molar-refractivity contribution in [3.63, 3.8) is 0 Å². The maximum atomic E-state index is 13.3. The minimum Gasteiger partial charge on any atom is -0.443 e. The first-order valence-corrected chi connectivity index (χ1v) is 11.0. The summed E-state index contributed by atoms with van der Waals surface area (Å²) in [4.78, 5) is 29.9. The first-order chi connectivity index (χ1) is 15.1. The summed E-state index contributed by atoms with van der Waals surface area (Å²) in [7, 11) is 1.97. The Morgan fingerprint density at radius 2 is 1.77 bits per heavy atom. The smallest absolute Gasteiger partial charge is 0.411 e. The Labute approximate surface area is 181 Å². The highest BCUT2D eigenvalue weighted by atomic mass is 16.6. The number of nitrogens with zero attached hydrogens (tertiary/aromatic N) is 3. The fourth-order valence-electron chi connectivity index (χ4n) is 5.68. The molecule has 158 valence electrons. The van der Waals surface area contributed by atoms with E-state index in [2.05, 4.69) is 12.1 Å². The number of likely N-dealkylation sites (tertiary alicyclic amines) is 1. The highest BCUT2D eigenvalue weighted by Crippen LogP contribution is 2.44. The molecule has 2 atom stereocenters. The first kappa shape index (κ1) is 18.5. The number of rotatable bonds is 2. The van der Waals surface area contributed by atoms with Gasteiger partial charge in [-0.05, 0) is 30.0 Å². The van der Waals surface area contributed by atoms with Gasteiger partial charge in [0.2, 0.25) is 0 Å². The van der Waals surface area contributed by atoms with Gasteiger partial charge in [0, 0.05) is 49.7 Å². The van der Waals surface area contributed by atoms with E-state index in [-0.39, 0.29) is 30.2 Å². The number of hydrogen-bond donors (Lipinski definition) is 0. The third-order valence-electron chi connectivity index (χ3n) is 7.18. The third-order valence-corrected chi connectivity index (χ3v) is 7.18. The van der Waals surface area contributed by atoms with Gasteiger partial charge in [-0.3, -0.25) is 9.69 Å².